The summed E-state index contributed by atoms with van der Waals surface area (Å²) in [5.41, 5.74) is 0. The van der Waals surface area contributed by atoms with Crippen LogP contribution >= 0.6 is 8.60 Å². The summed E-state index contributed by atoms with van der Waals surface area (Å²) < 4.78 is 47.2. The van der Waals surface area contributed by atoms with Gasteiger partial charge in [-0.25, -0.2) is 0 Å². The van der Waals surface area contributed by atoms with Gasteiger partial charge in [0.15, 0.2) is 17.9 Å². The van der Waals surface area contributed by atoms with E-state index in [0.29, 0.717) is 6.61 Å². The molecule has 25 heavy (non-hydrogen) atoms. The molecule has 4 heterocycles. The lowest BCUT2D eigenvalue weighted by molar-refractivity contribution is -0.239. The fraction of sp³-hybridized carbons (Fsp3) is 1.00. The topological polar surface area (TPSA) is 73.8 Å². The molecule has 0 saturated carbocycles. The monoisotopic (exact) mass is 378 g/mol. The Morgan fingerprint density at radius 1 is 0.960 bits per heavy atom. The summed E-state index contributed by atoms with van der Waals surface area (Å²) in [5.74, 6) is -1.43. The van der Waals surface area contributed by atoms with Crippen molar-refractivity contribution in [2.24, 2.45) is 0 Å². The molecule has 0 spiro atoms. The van der Waals surface area contributed by atoms with Gasteiger partial charge in [0.2, 0.25) is 0 Å². The summed E-state index contributed by atoms with van der Waals surface area (Å²) >= 11 is 0. The van der Waals surface area contributed by atoms with Crippen molar-refractivity contribution < 1.29 is 37.3 Å². The number of hydrogen-bond acceptors (Lipinski definition) is 8. The van der Waals surface area contributed by atoms with Crippen LogP contribution in [0.4, 0.5) is 0 Å². The molecule has 9 heteroatoms. The van der Waals surface area contributed by atoms with E-state index >= 15 is 0 Å². The first-order chi connectivity index (χ1) is 11.7. The van der Waals surface area contributed by atoms with Crippen molar-refractivity contribution in [1.82, 2.24) is 0 Å². The lowest BCUT2D eigenvalue weighted by Gasteiger charge is -2.37. The molecule has 144 valence electrons. The van der Waals surface area contributed by atoms with E-state index < -0.39 is 26.5 Å². The predicted molar refractivity (Wildman–Crippen MR) is 86.5 cm³/mol. The molecule has 4 fully saturated rings. The first-order valence-corrected chi connectivity index (χ1v) is 9.91. The van der Waals surface area contributed by atoms with Gasteiger partial charge in [-0.3, -0.25) is 0 Å². The van der Waals surface area contributed by atoms with Gasteiger partial charge in [0, 0.05) is 0 Å². The minimum Gasteiger partial charge on any atom is -0.342 e. The lowest BCUT2D eigenvalue weighted by Crippen LogP contribution is -2.56. The average Bonchev–Trinajstić information content (AvgIpc) is 2.99. The Morgan fingerprint density at radius 2 is 1.64 bits per heavy atom. The summed E-state index contributed by atoms with van der Waals surface area (Å²) in [6.45, 7) is 10.5. The summed E-state index contributed by atoms with van der Waals surface area (Å²) in [7, 11) is -1.36. The molecule has 2 unspecified atom stereocenters. The average molecular weight is 378 g/mol. The molecule has 0 N–H and O–H groups in total. The van der Waals surface area contributed by atoms with E-state index in [-0.39, 0.29) is 37.1 Å². The van der Waals surface area contributed by atoms with Gasteiger partial charge in [0.1, 0.15) is 24.4 Å². The van der Waals surface area contributed by atoms with Crippen molar-refractivity contribution >= 4 is 8.60 Å². The highest BCUT2D eigenvalue weighted by Gasteiger charge is 2.60. The Balaban J connectivity index is 1.44. The quantitative estimate of drug-likeness (QED) is 0.694. The molecule has 4 aliphatic heterocycles. The van der Waals surface area contributed by atoms with Gasteiger partial charge in [-0.1, -0.05) is 0 Å². The highest BCUT2D eigenvalue weighted by molar-refractivity contribution is 7.41. The zero-order valence-corrected chi connectivity index (χ0v) is 16.2. The molecule has 0 aromatic heterocycles. The summed E-state index contributed by atoms with van der Waals surface area (Å²) in [5, 5.41) is 0. The molecule has 0 amide bonds. The number of hydrogen-bond donors (Lipinski definition) is 0. The van der Waals surface area contributed by atoms with Crippen LogP contribution in [0.1, 0.15) is 41.0 Å². The minimum absolute atomic E-state index is 0.140. The predicted octanol–water partition coefficient (Wildman–Crippen LogP) is 2.45. The number of fused-ring (bicyclic) bond motifs is 3. The third-order valence-electron chi connectivity index (χ3n) is 4.58. The smallest absolute Gasteiger partial charge is 0.333 e. The lowest BCUT2D eigenvalue weighted by atomic mass is 9.99. The Bertz CT molecular complexity index is 501. The third kappa shape index (κ3) is 3.88. The second-order valence-electron chi connectivity index (χ2n) is 7.77. The van der Waals surface area contributed by atoms with Crippen LogP contribution in [0.2, 0.25) is 0 Å². The Kier molecular flexibility index (Phi) is 4.89. The SMILES string of the molecule is CC1CCOP(OC[C@H]2O[C@@H]3OC(C)(C)O[C@@H]3[C@H]3OC(C)(C)O[C@H]32)O1. The second-order valence-corrected chi connectivity index (χ2v) is 8.94. The van der Waals surface area contributed by atoms with Crippen LogP contribution in [0.25, 0.3) is 0 Å². The summed E-state index contributed by atoms with van der Waals surface area (Å²) in [6.07, 6.45) is -0.746. The van der Waals surface area contributed by atoms with Crippen molar-refractivity contribution in [3.8, 4) is 0 Å². The molecule has 0 bridgehead atoms. The molecule has 0 aliphatic carbocycles. The maximum absolute atomic E-state index is 6.09. The normalized spacial score (nSPS) is 48.1. The zero-order chi connectivity index (χ0) is 17.8. The van der Waals surface area contributed by atoms with Crippen molar-refractivity contribution in [3.63, 3.8) is 0 Å². The highest BCUT2D eigenvalue weighted by Crippen LogP contribution is 2.47. The summed E-state index contributed by atoms with van der Waals surface area (Å²) in [6, 6.07) is 0. The standard InChI is InChI=1S/C16H27O8P/c1-9-6-7-17-25(24-9)18-8-10-11-12(21-15(2,3)20-11)13-14(19-10)23-16(4,5)22-13/h9-14H,6-8H2,1-5H3/t9?,10-,11+,12+,13-,14-,25?/m1/s1. The van der Waals surface area contributed by atoms with E-state index in [2.05, 4.69) is 0 Å². The van der Waals surface area contributed by atoms with E-state index in [1.54, 1.807) is 0 Å². The van der Waals surface area contributed by atoms with Gasteiger partial charge in [-0.2, -0.15) is 0 Å². The Hall–Kier alpha value is 0.110. The Morgan fingerprint density at radius 3 is 2.40 bits per heavy atom. The van der Waals surface area contributed by atoms with Gasteiger partial charge in [-0.05, 0) is 41.0 Å². The number of ether oxygens (including phenoxy) is 5. The van der Waals surface area contributed by atoms with E-state index in [0.717, 1.165) is 6.42 Å². The molecular weight excluding hydrogens is 351 g/mol. The Labute approximate surface area is 149 Å². The molecule has 8 nitrogen and oxygen atoms in total. The highest BCUT2D eigenvalue weighted by atomic mass is 31.2. The van der Waals surface area contributed by atoms with Crippen molar-refractivity contribution in [2.75, 3.05) is 13.2 Å². The van der Waals surface area contributed by atoms with E-state index in [1.807, 2.05) is 34.6 Å². The summed E-state index contributed by atoms with van der Waals surface area (Å²) in [4.78, 5) is 0. The first-order valence-electron chi connectivity index (χ1n) is 8.82. The number of rotatable bonds is 3. The van der Waals surface area contributed by atoms with Gasteiger partial charge >= 0.3 is 8.60 Å². The first kappa shape index (κ1) is 18.5. The molecule has 0 aromatic rings. The third-order valence-corrected chi connectivity index (χ3v) is 5.87. The van der Waals surface area contributed by atoms with Gasteiger partial charge in [0.25, 0.3) is 0 Å². The molecular formula is C16H27O8P. The van der Waals surface area contributed by atoms with E-state index in [9.17, 15) is 0 Å². The maximum atomic E-state index is 6.09. The van der Waals surface area contributed by atoms with Gasteiger partial charge in [-0.15, -0.1) is 0 Å². The zero-order valence-electron chi connectivity index (χ0n) is 15.3. The molecule has 0 radical (unpaired) electrons. The van der Waals surface area contributed by atoms with Crippen LogP contribution in [-0.4, -0.2) is 61.6 Å². The second kappa shape index (κ2) is 6.62. The fourth-order valence-electron chi connectivity index (χ4n) is 3.55. The van der Waals surface area contributed by atoms with Gasteiger partial charge < -0.3 is 37.3 Å². The molecule has 4 aliphatic rings. The van der Waals surface area contributed by atoms with Crippen molar-refractivity contribution in [3.05, 3.63) is 0 Å². The molecule has 7 atom stereocenters. The van der Waals surface area contributed by atoms with E-state index in [4.69, 9.17) is 37.3 Å². The molecule has 4 saturated heterocycles. The van der Waals surface area contributed by atoms with Crippen LogP contribution < -0.4 is 0 Å². The van der Waals surface area contributed by atoms with E-state index in [1.165, 1.54) is 0 Å². The van der Waals surface area contributed by atoms with Crippen LogP contribution in [0, 0.1) is 0 Å². The van der Waals surface area contributed by atoms with Crippen LogP contribution in [-0.2, 0) is 37.3 Å². The van der Waals surface area contributed by atoms with Gasteiger partial charge in [0.05, 0.1) is 19.3 Å². The van der Waals surface area contributed by atoms with Crippen LogP contribution in [0.5, 0.6) is 0 Å². The minimum atomic E-state index is -1.36. The van der Waals surface area contributed by atoms with Crippen molar-refractivity contribution in [2.45, 2.75) is 89.4 Å². The largest absolute Gasteiger partial charge is 0.342 e. The van der Waals surface area contributed by atoms with Crippen LogP contribution in [0.3, 0.4) is 0 Å². The van der Waals surface area contributed by atoms with Crippen LogP contribution in [0.15, 0.2) is 0 Å². The van der Waals surface area contributed by atoms with Crippen molar-refractivity contribution in [1.29, 1.82) is 0 Å². The molecule has 0 aromatic carbocycles. The maximum Gasteiger partial charge on any atom is 0.333 e. The fourth-order valence-corrected chi connectivity index (χ4v) is 4.67. The molecule has 4 rings (SSSR count).